The maximum atomic E-state index is 12.4. The van der Waals surface area contributed by atoms with Crippen LogP contribution in [0.1, 0.15) is 25.8 Å². The molecule has 0 aliphatic rings. The summed E-state index contributed by atoms with van der Waals surface area (Å²) in [4.78, 5) is 39.5. The van der Waals surface area contributed by atoms with Gasteiger partial charge in [-0.25, -0.2) is 4.79 Å². The summed E-state index contributed by atoms with van der Waals surface area (Å²) in [6, 6.07) is 9.27. The van der Waals surface area contributed by atoms with Gasteiger partial charge in [0.05, 0.1) is 13.0 Å². The number of hydrogen-bond acceptors (Lipinski definition) is 5. The fourth-order valence-corrected chi connectivity index (χ4v) is 2.77. The third-order valence-electron chi connectivity index (χ3n) is 3.89. The zero-order valence-electron chi connectivity index (χ0n) is 14.9. The number of nitrogens with one attached hydrogen (secondary N) is 1. The molecule has 26 heavy (non-hydrogen) atoms. The Kier molecular flexibility index (Phi) is 6.21. The summed E-state index contributed by atoms with van der Waals surface area (Å²) in [5, 5.41) is 8.98. The van der Waals surface area contributed by atoms with Crippen LogP contribution in [0.3, 0.4) is 0 Å². The quantitative estimate of drug-likeness (QED) is 0.648. The molecule has 8 heteroatoms. The number of nitrogens with two attached hydrogens (primary N) is 1. The van der Waals surface area contributed by atoms with Gasteiger partial charge in [0.1, 0.15) is 11.5 Å². The molecule has 0 aliphatic carbocycles. The van der Waals surface area contributed by atoms with Crippen LogP contribution in [0.15, 0.2) is 39.9 Å². The van der Waals surface area contributed by atoms with E-state index in [1.54, 1.807) is 4.90 Å². The highest BCUT2D eigenvalue weighted by Gasteiger charge is 2.20. The Morgan fingerprint density at radius 1 is 1.27 bits per heavy atom. The molecular weight excluding hydrogens is 336 g/mol. The number of hydrogen-bond donors (Lipinski definition) is 3. The van der Waals surface area contributed by atoms with Crippen LogP contribution in [-0.4, -0.2) is 33.7 Å². The molecular formula is C18H24N4O4. The van der Waals surface area contributed by atoms with Gasteiger partial charge in [-0.05, 0) is 11.5 Å². The van der Waals surface area contributed by atoms with Crippen LogP contribution in [0.4, 0.5) is 11.5 Å². The van der Waals surface area contributed by atoms with Crippen LogP contribution in [0.25, 0.3) is 0 Å². The van der Waals surface area contributed by atoms with E-state index in [4.69, 9.17) is 10.8 Å². The van der Waals surface area contributed by atoms with Gasteiger partial charge in [0.25, 0.3) is 5.56 Å². The van der Waals surface area contributed by atoms with E-state index >= 15 is 0 Å². The highest BCUT2D eigenvalue weighted by atomic mass is 16.4. The SMILES string of the molecule is CC(C)CN(CCC(=O)O)c1c(N)n(Cc2ccccc2)c(=O)[nH]c1=O. The van der Waals surface area contributed by atoms with E-state index in [2.05, 4.69) is 4.98 Å². The van der Waals surface area contributed by atoms with Gasteiger partial charge in [0.2, 0.25) is 0 Å². The van der Waals surface area contributed by atoms with Gasteiger partial charge in [0.15, 0.2) is 0 Å². The van der Waals surface area contributed by atoms with Crippen LogP contribution < -0.4 is 21.9 Å². The lowest BCUT2D eigenvalue weighted by Crippen LogP contribution is -2.40. The summed E-state index contributed by atoms with van der Waals surface area (Å²) in [6.07, 6.45) is -0.136. The Bertz CT molecular complexity index is 871. The number of H-pyrrole nitrogens is 1. The van der Waals surface area contributed by atoms with Crippen molar-refractivity contribution in [3.63, 3.8) is 0 Å². The minimum absolute atomic E-state index is 0.0358. The summed E-state index contributed by atoms with van der Waals surface area (Å²) >= 11 is 0. The number of aromatic nitrogens is 2. The average Bonchev–Trinajstić information content (AvgIpc) is 2.56. The number of aliphatic carboxylic acids is 1. The Labute approximate surface area is 150 Å². The van der Waals surface area contributed by atoms with Gasteiger partial charge in [-0.2, -0.15) is 0 Å². The van der Waals surface area contributed by atoms with Crippen molar-refractivity contribution in [2.24, 2.45) is 5.92 Å². The first-order valence-corrected chi connectivity index (χ1v) is 8.42. The first kappa shape index (κ1) is 19.3. The highest BCUT2D eigenvalue weighted by Crippen LogP contribution is 2.19. The standard InChI is InChI=1S/C18H24N4O4/c1-12(2)10-21(9-8-14(23)24)15-16(19)22(18(26)20-17(15)25)11-13-6-4-3-5-7-13/h3-7,12H,8-11,19H2,1-2H3,(H,23,24)(H,20,25,26). The molecule has 0 amide bonds. The summed E-state index contributed by atoms with van der Waals surface area (Å²) in [5.74, 6) is -0.753. The van der Waals surface area contributed by atoms with Crippen molar-refractivity contribution in [1.82, 2.24) is 9.55 Å². The van der Waals surface area contributed by atoms with Crippen molar-refractivity contribution in [1.29, 1.82) is 0 Å². The fraction of sp³-hybridized carbons (Fsp3) is 0.389. The number of benzene rings is 1. The van der Waals surface area contributed by atoms with Crippen molar-refractivity contribution in [3.8, 4) is 0 Å². The number of carboxylic acids is 1. The van der Waals surface area contributed by atoms with Crippen molar-refractivity contribution >= 4 is 17.5 Å². The van der Waals surface area contributed by atoms with Gasteiger partial charge >= 0.3 is 11.7 Å². The van der Waals surface area contributed by atoms with Crippen molar-refractivity contribution in [2.75, 3.05) is 23.7 Å². The molecule has 0 aliphatic heterocycles. The largest absolute Gasteiger partial charge is 0.481 e. The molecule has 0 unspecified atom stereocenters. The van der Waals surface area contributed by atoms with Gasteiger partial charge < -0.3 is 15.7 Å². The highest BCUT2D eigenvalue weighted by molar-refractivity contribution is 5.69. The lowest BCUT2D eigenvalue weighted by atomic mass is 10.2. The van der Waals surface area contributed by atoms with Gasteiger partial charge in [-0.1, -0.05) is 44.2 Å². The summed E-state index contributed by atoms with van der Waals surface area (Å²) < 4.78 is 1.29. The molecule has 2 rings (SSSR count). The lowest BCUT2D eigenvalue weighted by Gasteiger charge is -2.27. The predicted molar refractivity (Wildman–Crippen MR) is 101 cm³/mol. The van der Waals surface area contributed by atoms with Gasteiger partial charge in [-0.3, -0.25) is 19.1 Å². The minimum Gasteiger partial charge on any atom is -0.481 e. The van der Waals surface area contributed by atoms with E-state index in [0.29, 0.717) is 6.54 Å². The van der Waals surface area contributed by atoms with Crippen LogP contribution in [0.2, 0.25) is 0 Å². The predicted octanol–water partition coefficient (Wildman–Crippen LogP) is 1.10. The zero-order valence-corrected chi connectivity index (χ0v) is 14.9. The fourth-order valence-electron chi connectivity index (χ4n) is 2.77. The number of rotatable bonds is 8. The Hall–Kier alpha value is -3.03. The maximum Gasteiger partial charge on any atom is 0.330 e. The van der Waals surface area contributed by atoms with Crippen LogP contribution >= 0.6 is 0 Å². The third-order valence-corrected chi connectivity index (χ3v) is 3.89. The molecule has 0 fully saturated rings. The zero-order chi connectivity index (χ0) is 19.3. The van der Waals surface area contributed by atoms with Crippen molar-refractivity contribution in [3.05, 3.63) is 56.7 Å². The topological polar surface area (TPSA) is 121 Å². The molecule has 0 saturated heterocycles. The van der Waals surface area contributed by atoms with Crippen molar-refractivity contribution in [2.45, 2.75) is 26.8 Å². The number of aromatic amines is 1. The molecule has 0 spiro atoms. The molecule has 0 radical (unpaired) electrons. The second-order valence-corrected chi connectivity index (χ2v) is 6.55. The molecule has 8 nitrogen and oxygen atoms in total. The monoisotopic (exact) mass is 360 g/mol. The van der Waals surface area contributed by atoms with Crippen molar-refractivity contribution < 1.29 is 9.90 Å². The first-order chi connectivity index (χ1) is 12.3. The second kappa shape index (κ2) is 8.37. The summed E-state index contributed by atoms with van der Waals surface area (Å²) in [7, 11) is 0. The molecule has 0 saturated carbocycles. The summed E-state index contributed by atoms with van der Waals surface area (Å²) in [5.41, 5.74) is 5.96. The molecule has 1 aromatic heterocycles. The third kappa shape index (κ3) is 4.75. The second-order valence-electron chi connectivity index (χ2n) is 6.55. The molecule has 0 bridgehead atoms. The molecule has 140 valence electrons. The Morgan fingerprint density at radius 3 is 2.50 bits per heavy atom. The number of carboxylic acid groups (broad SMARTS) is 1. The maximum absolute atomic E-state index is 12.4. The lowest BCUT2D eigenvalue weighted by molar-refractivity contribution is -0.136. The molecule has 1 aromatic carbocycles. The molecule has 4 N–H and O–H groups in total. The number of nitrogen functional groups attached to an aromatic ring is 1. The normalized spacial score (nSPS) is 10.9. The van der Waals surface area contributed by atoms with Gasteiger partial charge in [0, 0.05) is 13.1 Å². The average molecular weight is 360 g/mol. The van der Waals surface area contributed by atoms with Gasteiger partial charge in [-0.15, -0.1) is 0 Å². The minimum atomic E-state index is -0.966. The van der Waals surface area contributed by atoms with E-state index in [1.807, 2.05) is 44.2 Å². The summed E-state index contributed by atoms with van der Waals surface area (Å²) in [6.45, 7) is 4.70. The Balaban J connectivity index is 2.48. The number of nitrogens with zero attached hydrogens (tertiary/aromatic N) is 2. The van der Waals surface area contributed by atoms with E-state index in [1.165, 1.54) is 4.57 Å². The van der Waals surface area contributed by atoms with Crippen LogP contribution in [0, 0.1) is 5.92 Å². The first-order valence-electron chi connectivity index (χ1n) is 8.42. The van der Waals surface area contributed by atoms with Crippen LogP contribution in [0.5, 0.6) is 0 Å². The van der Waals surface area contributed by atoms with E-state index < -0.39 is 17.2 Å². The van der Waals surface area contributed by atoms with Crippen LogP contribution in [-0.2, 0) is 11.3 Å². The van der Waals surface area contributed by atoms with E-state index in [-0.39, 0.29) is 36.9 Å². The molecule has 0 atom stereocenters. The Morgan fingerprint density at radius 2 is 1.92 bits per heavy atom. The molecule has 1 heterocycles. The van der Waals surface area contributed by atoms with E-state index in [0.717, 1.165) is 5.56 Å². The number of anilines is 2. The van der Waals surface area contributed by atoms with E-state index in [9.17, 15) is 14.4 Å². The smallest absolute Gasteiger partial charge is 0.330 e. The molecule has 2 aromatic rings. The number of carbonyl (C=O) groups is 1.